The molecule has 1 saturated carbocycles. The van der Waals surface area contributed by atoms with Gasteiger partial charge in [-0.05, 0) is 50.3 Å². The fraction of sp³-hybridized carbons (Fsp3) is 0.500. The van der Waals surface area contributed by atoms with Crippen LogP contribution < -0.4 is 4.90 Å². The summed E-state index contributed by atoms with van der Waals surface area (Å²) < 4.78 is 81.1. The Kier molecular flexibility index (Phi) is 6.88. The van der Waals surface area contributed by atoms with E-state index in [1.54, 1.807) is 23.6 Å². The standard InChI is InChI=1S/C26H25F6N7O2/c1-14-11-38(15(2)10-37(14)20(40)8-24(41,25(27,28)29)26(30,31)32)22-21-18(17-3-4-17)12-39(23(21)36-13-35-22)19-7-16(9-33)5-6-34-19/h5-7,12-15,17,41H,3-4,8,10-11H2,1-2H3/t14-,15+/m1/s1. The molecule has 3 aromatic rings. The molecule has 1 amide bonds. The smallest absolute Gasteiger partial charge is 0.373 e. The molecule has 1 aliphatic carbocycles. The molecule has 5 rings (SSSR count). The number of aliphatic hydroxyl groups is 1. The third-order valence-corrected chi connectivity index (χ3v) is 7.65. The van der Waals surface area contributed by atoms with Crippen LogP contribution in [0.4, 0.5) is 32.2 Å². The van der Waals surface area contributed by atoms with Crippen LogP contribution in [0.5, 0.6) is 0 Å². The maximum absolute atomic E-state index is 13.2. The Hall–Kier alpha value is -3.93. The van der Waals surface area contributed by atoms with Crippen molar-refractivity contribution in [3.63, 3.8) is 0 Å². The lowest BCUT2D eigenvalue weighted by atomic mass is 9.96. The Morgan fingerprint density at radius 3 is 2.37 bits per heavy atom. The third kappa shape index (κ3) is 4.94. The van der Waals surface area contributed by atoms with Crippen molar-refractivity contribution in [3.8, 4) is 11.9 Å². The van der Waals surface area contributed by atoms with Gasteiger partial charge in [-0.3, -0.25) is 9.36 Å². The molecule has 9 nitrogen and oxygen atoms in total. The molecule has 1 aliphatic heterocycles. The number of rotatable bonds is 5. The van der Waals surface area contributed by atoms with Crippen LogP contribution in [0.1, 0.15) is 50.2 Å². The first kappa shape index (κ1) is 28.6. The van der Waals surface area contributed by atoms with Crippen molar-refractivity contribution in [1.82, 2.24) is 24.4 Å². The molecule has 2 fully saturated rings. The van der Waals surface area contributed by atoms with Crippen molar-refractivity contribution >= 4 is 22.8 Å². The van der Waals surface area contributed by atoms with Crippen LogP contribution in [0, 0.1) is 11.3 Å². The first-order chi connectivity index (χ1) is 19.2. The lowest BCUT2D eigenvalue weighted by Crippen LogP contribution is -2.63. The maximum Gasteiger partial charge on any atom is 0.426 e. The van der Waals surface area contributed by atoms with Crippen LogP contribution in [-0.4, -0.2) is 78.6 Å². The zero-order chi connectivity index (χ0) is 29.9. The fourth-order valence-corrected chi connectivity index (χ4v) is 5.24. The van der Waals surface area contributed by atoms with Gasteiger partial charge in [0.05, 0.1) is 23.4 Å². The second-order valence-corrected chi connectivity index (χ2v) is 10.6. The van der Waals surface area contributed by atoms with E-state index in [1.165, 1.54) is 19.4 Å². The number of carbonyl (C=O) groups excluding carboxylic acids is 1. The number of alkyl halides is 6. The second kappa shape index (κ2) is 9.86. The Morgan fingerprint density at radius 1 is 1.07 bits per heavy atom. The molecule has 3 aromatic heterocycles. The number of anilines is 1. The minimum absolute atomic E-state index is 0.0624. The highest BCUT2D eigenvalue weighted by Crippen LogP contribution is 2.47. The lowest BCUT2D eigenvalue weighted by Gasteiger charge is -2.45. The van der Waals surface area contributed by atoms with E-state index in [9.17, 15) is 41.5 Å². The van der Waals surface area contributed by atoms with E-state index >= 15 is 0 Å². The predicted octanol–water partition coefficient (Wildman–Crippen LogP) is 4.24. The molecular formula is C26H25F6N7O2. The Bertz CT molecular complexity index is 1510. The van der Waals surface area contributed by atoms with Gasteiger partial charge in [-0.1, -0.05) is 0 Å². The number of fused-ring (bicyclic) bond motifs is 1. The Morgan fingerprint density at radius 2 is 1.76 bits per heavy atom. The monoisotopic (exact) mass is 581 g/mol. The van der Waals surface area contributed by atoms with Gasteiger partial charge in [-0.2, -0.15) is 31.6 Å². The number of amides is 1. The summed E-state index contributed by atoms with van der Waals surface area (Å²) in [5, 5.41) is 19.6. The summed E-state index contributed by atoms with van der Waals surface area (Å²) in [7, 11) is 0. The fourth-order valence-electron chi connectivity index (χ4n) is 5.24. The van der Waals surface area contributed by atoms with Crippen molar-refractivity contribution < 1.29 is 36.2 Å². The van der Waals surface area contributed by atoms with Crippen LogP contribution in [0.3, 0.4) is 0 Å². The lowest BCUT2D eigenvalue weighted by molar-refractivity contribution is -0.367. The number of hydrogen-bond acceptors (Lipinski definition) is 7. The average Bonchev–Trinajstić information content (AvgIpc) is 3.67. The SMILES string of the molecule is C[C@@H]1CN(c2ncnc3c2c(C2CC2)cn3-c2cc(C#N)ccn2)[C@@H](C)CN1C(=O)CC(O)(C(F)(F)F)C(F)(F)F. The average molecular weight is 582 g/mol. The molecule has 1 saturated heterocycles. The van der Waals surface area contributed by atoms with Crippen molar-refractivity contribution in [2.45, 2.75) is 69.1 Å². The molecule has 0 unspecified atom stereocenters. The van der Waals surface area contributed by atoms with Gasteiger partial charge < -0.3 is 14.9 Å². The molecule has 0 radical (unpaired) electrons. The molecule has 2 aliphatic rings. The first-order valence-corrected chi connectivity index (χ1v) is 12.8. The Balaban J connectivity index is 1.47. The molecule has 1 N–H and O–H groups in total. The van der Waals surface area contributed by atoms with Gasteiger partial charge in [0.2, 0.25) is 5.91 Å². The van der Waals surface area contributed by atoms with E-state index in [2.05, 4.69) is 21.0 Å². The van der Waals surface area contributed by atoms with Gasteiger partial charge in [0.15, 0.2) is 5.65 Å². The van der Waals surface area contributed by atoms with Gasteiger partial charge in [-0.25, -0.2) is 15.0 Å². The Labute approximate surface area is 230 Å². The number of hydrogen-bond donors (Lipinski definition) is 1. The number of carbonyl (C=O) groups is 1. The summed E-state index contributed by atoms with van der Waals surface area (Å²) in [5.74, 6) is -0.229. The number of aromatic nitrogens is 4. The number of pyridine rings is 1. The summed E-state index contributed by atoms with van der Waals surface area (Å²) in [4.78, 5) is 28.9. The summed E-state index contributed by atoms with van der Waals surface area (Å²) in [6.07, 6.45) is -7.71. The third-order valence-electron chi connectivity index (χ3n) is 7.65. The number of piperazine rings is 1. The number of nitrogens with zero attached hydrogens (tertiary/aromatic N) is 7. The van der Waals surface area contributed by atoms with Crippen LogP contribution in [0.25, 0.3) is 16.9 Å². The summed E-state index contributed by atoms with van der Waals surface area (Å²) in [5.41, 5.74) is -3.27. The molecule has 2 atom stereocenters. The van der Waals surface area contributed by atoms with E-state index in [4.69, 9.17) is 0 Å². The molecule has 218 valence electrons. The summed E-state index contributed by atoms with van der Waals surface area (Å²) in [6.45, 7) is 3.07. The van der Waals surface area contributed by atoms with E-state index in [0.717, 1.165) is 28.7 Å². The molecule has 15 heteroatoms. The number of halogens is 6. The highest BCUT2D eigenvalue weighted by Gasteiger charge is 2.71. The van der Waals surface area contributed by atoms with Gasteiger partial charge in [0, 0.05) is 37.6 Å². The quantitative estimate of drug-likeness (QED) is 0.449. The molecular weight excluding hydrogens is 556 g/mol. The second-order valence-electron chi connectivity index (χ2n) is 10.6. The highest BCUT2D eigenvalue weighted by molar-refractivity contribution is 5.93. The topological polar surface area (TPSA) is 111 Å². The van der Waals surface area contributed by atoms with Gasteiger partial charge in [-0.15, -0.1) is 0 Å². The normalized spacial score (nSPS) is 20.4. The van der Waals surface area contributed by atoms with Crippen molar-refractivity contribution in [1.29, 1.82) is 5.26 Å². The van der Waals surface area contributed by atoms with E-state index in [1.807, 2.05) is 11.1 Å². The van der Waals surface area contributed by atoms with Crippen molar-refractivity contribution in [3.05, 3.63) is 42.0 Å². The van der Waals surface area contributed by atoms with Crippen LogP contribution in [0.2, 0.25) is 0 Å². The largest absolute Gasteiger partial charge is 0.426 e. The van der Waals surface area contributed by atoms with Crippen LogP contribution in [-0.2, 0) is 4.79 Å². The van der Waals surface area contributed by atoms with Gasteiger partial charge >= 0.3 is 12.4 Å². The number of nitriles is 1. The van der Waals surface area contributed by atoms with Crippen molar-refractivity contribution in [2.24, 2.45) is 0 Å². The zero-order valence-electron chi connectivity index (χ0n) is 21.9. The minimum atomic E-state index is -6.09. The van der Waals surface area contributed by atoms with Gasteiger partial charge in [0.25, 0.3) is 5.60 Å². The van der Waals surface area contributed by atoms with E-state index < -0.39 is 42.4 Å². The maximum atomic E-state index is 13.2. The first-order valence-electron chi connectivity index (χ1n) is 12.8. The van der Waals surface area contributed by atoms with Crippen molar-refractivity contribution in [2.75, 3.05) is 18.0 Å². The van der Waals surface area contributed by atoms with E-state index in [0.29, 0.717) is 22.8 Å². The van der Waals surface area contributed by atoms with Gasteiger partial charge in [0.1, 0.15) is 18.0 Å². The summed E-state index contributed by atoms with van der Waals surface area (Å²) >= 11 is 0. The molecule has 0 spiro atoms. The van der Waals surface area contributed by atoms with Crippen LogP contribution in [0.15, 0.2) is 30.9 Å². The van der Waals surface area contributed by atoms with E-state index in [-0.39, 0.29) is 19.0 Å². The molecule has 0 aromatic carbocycles. The summed E-state index contributed by atoms with van der Waals surface area (Å²) in [6, 6.07) is 3.93. The molecule has 0 bridgehead atoms. The molecule has 4 heterocycles. The predicted molar refractivity (Wildman–Crippen MR) is 133 cm³/mol. The zero-order valence-corrected chi connectivity index (χ0v) is 21.9. The highest BCUT2D eigenvalue weighted by atomic mass is 19.4. The van der Waals surface area contributed by atoms with Crippen LogP contribution >= 0.6 is 0 Å². The minimum Gasteiger partial charge on any atom is -0.373 e. The molecule has 41 heavy (non-hydrogen) atoms.